The van der Waals surface area contributed by atoms with Gasteiger partial charge in [0.15, 0.2) is 0 Å². The molecule has 0 rings (SSSR count). The molecule has 3 nitrogen and oxygen atoms in total. The van der Waals surface area contributed by atoms with E-state index in [2.05, 4.69) is 12.2 Å². The summed E-state index contributed by atoms with van der Waals surface area (Å²) in [4.78, 5) is 10.9. The topological polar surface area (TPSA) is 55.1 Å². The molecule has 0 bridgehead atoms. The van der Waals surface area contributed by atoms with E-state index < -0.39 is 0 Å². The van der Waals surface area contributed by atoms with Gasteiger partial charge in [0, 0.05) is 7.05 Å². The largest absolute Gasteiger partial charge is 0.358 e. The minimum absolute atomic E-state index is 0. The molecule has 0 radical (unpaired) electrons. The molecule has 0 saturated carbocycles. The van der Waals surface area contributed by atoms with Crippen molar-refractivity contribution < 1.29 is 4.79 Å². The first-order chi connectivity index (χ1) is 5.22. The lowest BCUT2D eigenvalue weighted by Gasteiger charge is -2.08. The van der Waals surface area contributed by atoms with Gasteiger partial charge in [0.2, 0.25) is 5.91 Å². The maximum atomic E-state index is 10.9. The van der Waals surface area contributed by atoms with Crippen LogP contribution in [-0.4, -0.2) is 19.0 Å². The predicted molar refractivity (Wildman–Crippen MR) is 52.9 cm³/mol. The number of rotatable bonds is 5. The second kappa shape index (κ2) is 8.53. The number of carbonyl (C=O) groups excluding carboxylic acids is 1. The van der Waals surface area contributed by atoms with E-state index in [1.807, 2.05) is 0 Å². The number of nitrogens with one attached hydrogen (secondary N) is 1. The monoisotopic (exact) mass is 174 g/mol. The average molecular weight is 174 g/mol. The summed E-state index contributed by atoms with van der Waals surface area (Å²) < 4.78 is 0. The summed E-state index contributed by atoms with van der Waals surface area (Å²) >= 11 is 0. The Morgan fingerprint density at radius 2 is 2.08 bits per heavy atom. The Hall–Kier alpha value is -0.570. The van der Waals surface area contributed by atoms with Gasteiger partial charge < -0.3 is 11.1 Å². The Morgan fingerprint density at radius 3 is 2.50 bits per heavy atom. The van der Waals surface area contributed by atoms with E-state index in [4.69, 9.17) is 5.73 Å². The van der Waals surface area contributed by atoms with Crippen molar-refractivity contribution in [2.45, 2.75) is 46.1 Å². The summed E-state index contributed by atoms with van der Waals surface area (Å²) in [5.41, 5.74) is 5.56. The zero-order valence-electron chi connectivity index (χ0n) is 7.39. The minimum Gasteiger partial charge on any atom is -0.358 e. The first-order valence-electron chi connectivity index (χ1n) is 4.19. The van der Waals surface area contributed by atoms with Crippen molar-refractivity contribution in [3.05, 3.63) is 0 Å². The van der Waals surface area contributed by atoms with Gasteiger partial charge in [-0.05, 0) is 6.42 Å². The van der Waals surface area contributed by atoms with Crippen molar-refractivity contribution in [1.82, 2.24) is 5.32 Å². The fourth-order valence-corrected chi connectivity index (χ4v) is 0.931. The number of carbonyl (C=O) groups is 1. The van der Waals surface area contributed by atoms with Gasteiger partial charge in [0.05, 0.1) is 6.04 Å². The molecular weight excluding hydrogens is 152 g/mol. The van der Waals surface area contributed by atoms with Crippen LogP contribution in [0.3, 0.4) is 0 Å². The molecule has 0 aliphatic carbocycles. The minimum atomic E-state index is -0.313. The quantitative estimate of drug-likeness (QED) is 0.617. The van der Waals surface area contributed by atoms with E-state index in [0.29, 0.717) is 0 Å². The fourth-order valence-electron chi connectivity index (χ4n) is 0.931. The van der Waals surface area contributed by atoms with Crippen molar-refractivity contribution in [1.29, 1.82) is 0 Å². The molecule has 3 N–H and O–H groups in total. The van der Waals surface area contributed by atoms with Crippen LogP contribution in [0.15, 0.2) is 0 Å². The summed E-state index contributed by atoms with van der Waals surface area (Å²) in [5.74, 6) is -0.0545. The zero-order valence-corrected chi connectivity index (χ0v) is 7.39. The molecule has 0 fully saturated rings. The van der Waals surface area contributed by atoms with Gasteiger partial charge in [-0.3, -0.25) is 4.79 Å². The fraction of sp³-hybridized carbons (Fsp3) is 0.889. The van der Waals surface area contributed by atoms with E-state index >= 15 is 0 Å². The molecule has 1 atom stereocenters. The Kier molecular flexibility index (Phi) is 9.93. The number of hydrogen-bond acceptors (Lipinski definition) is 2. The molecule has 74 valence electrons. The molecule has 0 aliphatic rings. The highest BCUT2D eigenvalue weighted by atomic mass is 16.2. The number of hydrogen-bond donors (Lipinski definition) is 2. The van der Waals surface area contributed by atoms with Crippen molar-refractivity contribution in [2.24, 2.45) is 5.73 Å². The maximum Gasteiger partial charge on any atom is 0.236 e. The third kappa shape index (κ3) is 6.16. The van der Waals surface area contributed by atoms with E-state index in [1.165, 1.54) is 6.42 Å². The third-order valence-electron chi connectivity index (χ3n) is 1.70. The molecule has 0 aromatic rings. The lowest BCUT2D eigenvalue weighted by molar-refractivity contribution is -0.122. The molecule has 1 amide bonds. The molecular formula is C9H22N2O. The van der Waals surface area contributed by atoms with Gasteiger partial charge in [-0.15, -0.1) is 0 Å². The number of unbranched alkanes of at least 4 members (excludes halogenated alkanes) is 2. The first kappa shape index (κ1) is 14.0. The SMILES string of the molecule is C.CCCCCC(N)C(=O)NC. The highest BCUT2D eigenvalue weighted by Crippen LogP contribution is 2.01. The smallest absolute Gasteiger partial charge is 0.236 e. The average Bonchev–Trinajstić information content (AvgIpc) is 2.03. The number of likely N-dealkylation sites (N-methyl/N-ethyl adjacent to an activating group) is 1. The Bertz CT molecular complexity index is 115. The lowest BCUT2D eigenvalue weighted by atomic mass is 10.1. The summed E-state index contributed by atoms with van der Waals surface area (Å²) in [7, 11) is 1.61. The number of nitrogens with two attached hydrogens (primary N) is 1. The Balaban J connectivity index is 0. The Labute approximate surface area is 75.7 Å². The normalized spacial score (nSPS) is 11.6. The van der Waals surface area contributed by atoms with E-state index in [0.717, 1.165) is 19.3 Å². The lowest BCUT2D eigenvalue weighted by Crippen LogP contribution is -2.38. The summed E-state index contributed by atoms with van der Waals surface area (Å²) in [5, 5.41) is 2.53. The molecule has 0 saturated heterocycles. The van der Waals surface area contributed by atoms with Crippen LogP contribution >= 0.6 is 0 Å². The summed E-state index contributed by atoms with van der Waals surface area (Å²) in [6, 6.07) is -0.313. The number of amides is 1. The van der Waals surface area contributed by atoms with Crippen LogP contribution < -0.4 is 11.1 Å². The van der Waals surface area contributed by atoms with Crippen molar-refractivity contribution in [3.8, 4) is 0 Å². The first-order valence-corrected chi connectivity index (χ1v) is 4.19. The Morgan fingerprint density at radius 1 is 1.50 bits per heavy atom. The second-order valence-corrected chi connectivity index (χ2v) is 2.72. The highest BCUT2D eigenvalue weighted by molar-refractivity contribution is 5.81. The standard InChI is InChI=1S/C8H18N2O.CH4/c1-3-4-5-6-7(9)8(11)10-2;/h7H,3-6,9H2,1-2H3,(H,10,11);1H4. The van der Waals surface area contributed by atoms with Gasteiger partial charge >= 0.3 is 0 Å². The van der Waals surface area contributed by atoms with Crippen LogP contribution in [0, 0.1) is 0 Å². The third-order valence-corrected chi connectivity index (χ3v) is 1.70. The van der Waals surface area contributed by atoms with Crippen molar-refractivity contribution in [2.75, 3.05) is 7.05 Å². The summed E-state index contributed by atoms with van der Waals surface area (Å²) in [6.45, 7) is 2.13. The van der Waals surface area contributed by atoms with Crippen LogP contribution in [0.5, 0.6) is 0 Å². The molecule has 0 aromatic heterocycles. The van der Waals surface area contributed by atoms with E-state index in [9.17, 15) is 4.79 Å². The van der Waals surface area contributed by atoms with Gasteiger partial charge in [0.25, 0.3) is 0 Å². The van der Waals surface area contributed by atoms with Gasteiger partial charge in [-0.2, -0.15) is 0 Å². The van der Waals surface area contributed by atoms with E-state index in [-0.39, 0.29) is 19.4 Å². The molecule has 1 unspecified atom stereocenters. The molecule has 0 aromatic carbocycles. The molecule has 0 aliphatic heterocycles. The molecule has 0 heterocycles. The predicted octanol–water partition coefficient (Wildman–Crippen LogP) is 1.28. The van der Waals surface area contributed by atoms with Crippen molar-refractivity contribution >= 4 is 5.91 Å². The molecule has 0 spiro atoms. The van der Waals surface area contributed by atoms with Gasteiger partial charge in [-0.1, -0.05) is 33.6 Å². The molecule has 3 heteroatoms. The van der Waals surface area contributed by atoms with Crippen LogP contribution in [0.1, 0.15) is 40.0 Å². The zero-order chi connectivity index (χ0) is 8.69. The molecule has 12 heavy (non-hydrogen) atoms. The summed E-state index contributed by atoms with van der Waals surface area (Å²) in [6.07, 6.45) is 4.17. The van der Waals surface area contributed by atoms with Crippen LogP contribution in [0.2, 0.25) is 0 Å². The highest BCUT2D eigenvalue weighted by Gasteiger charge is 2.09. The van der Waals surface area contributed by atoms with Crippen LogP contribution in [-0.2, 0) is 4.79 Å². The second-order valence-electron chi connectivity index (χ2n) is 2.72. The maximum absolute atomic E-state index is 10.9. The van der Waals surface area contributed by atoms with Crippen LogP contribution in [0.4, 0.5) is 0 Å². The van der Waals surface area contributed by atoms with Gasteiger partial charge in [-0.25, -0.2) is 0 Å². The van der Waals surface area contributed by atoms with E-state index in [1.54, 1.807) is 7.05 Å². The van der Waals surface area contributed by atoms with Gasteiger partial charge in [0.1, 0.15) is 0 Å². The van der Waals surface area contributed by atoms with Crippen LogP contribution in [0.25, 0.3) is 0 Å². The van der Waals surface area contributed by atoms with Crippen molar-refractivity contribution in [3.63, 3.8) is 0 Å².